The van der Waals surface area contributed by atoms with E-state index >= 15 is 0 Å². The molecule has 3 heteroatoms. The van der Waals surface area contributed by atoms with Crippen LogP contribution in [0.15, 0.2) is 0 Å². The van der Waals surface area contributed by atoms with E-state index in [9.17, 15) is 0 Å². The Labute approximate surface area is 59.1 Å². The predicted octanol–water partition coefficient (Wildman–Crippen LogP) is 1.61. The first kappa shape index (κ1) is 6.38. The van der Waals surface area contributed by atoms with Crippen LogP contribution in [0.25, 0.3) is 0 Å². The first-order chi connectivity index (χ1) is 3.29. The van der Waals surface area contributed by atoms with E-state index in [1.54, 1.807) is 0 Å². The van der Waals surface area contributed by atoms with Crippen molar-refractivity contribution in [2.75, 3.05) is 0 Å². The Morgan fingerprint density at radius 1 is 1.57 bits per heavy atom. The van der Waals surface area contributed by atoms with E-state index in [2.05, 4.69) is 23.5 Å². The van der Waals surface area contributed by atoms with E-state index in [1.807, 2.05) is 0 Å². The number of rotatable bonds is 0. The van der Waals surface area contributed by atoms with Crippen LogP contribution in [0.1, 0.15) is 6.42 Å². The Morgan fingerprint density at radius 2 is 2.29 bits per heavy atom. The SMILES string of the molecule is SC1CC[As](S)C1. The molecule has 0 aromatic heterocycles. The van der Waals surface area contributed by atoms with Gasteiger partial charge in [0, 0.05) is 0 Å². The molecule has 1 rings (SSSR count). The molecule has 0 amide bonds. The molecular weight excluding hydrogens is 187 g/mol. The molecule has 0 aromatic carbocycles. The molecule has 0 saturated carbocycles. The van der Waals surface area contributed by atoms with Gasteiger partial charge in [-0.05, 0) is 0 Å². The molecule has 0 nitrogen and oxygen atoms in total. The van der Waals surface area contributed by atoms with Crippen molar-refractivity contribution in [2.24, 2.45) is 0 Å². The van der Waals surface area contributed by atoms with Crippen molar-refractivity contribution >= 4 is 37.0 Å². The molecule has 1 saturated heterocycles. The molecule has 42 valence electrons. The first-order valence-corrected chi connectivity index (χ1v) is 8.50. The summed E-state index contributed by atoms with van der Waals surface area (Å²) in [5.74, 6) is 0. The summed E-state index contributed by atoms with van der Waals surface area (Å²) in [6.07, 6.45) is 1.33. The summed E-state index contributed by atoms with van der Waals surface area (Å²) in [7, 11) is 4.45. The third kappa shape index (κ3) is 1.91. The Bertz CT molecular complexity index is 58.7. The number of hydrogen-bond acceptors (Lipinski definition) is 2. The minimum absolute atomic E-state index is 0.546. The third-order valence-corrected chi connectivity index (χ3v) is 7.53. The van der Waals surface area contributed by atoms with Crippen LogP contribution in [0, 0.1) is 0 Å². The monoisotopic (exact) mass is 196 g/mol. The molecular formula is C4H9AsS2. The molecule has 2 unspecified atom stereocenters. The Balaban J connectivity index is 2.26. The van der Waals surface area contributed by atoms with Crippen molar-refractivity contribution in [3.63, 3.8) is 0 Å². The van der Waals surface area contributed by atoms with Crippen molar-refractivity contribution < 1.29 is 0 Å². The molecule has 0 aliphatic carbocycles. The zero-order valence-corrected chi connectivity index (χ0v) is 7.71. The maximum absolute atomic E-state index is 4.45. The van der Waals surface area contributed by atoms with Crippen LogP contribution in [0.3, 0.4) is 0 Å². The van der Waals surface area contributed by atoms with E-state index in [-0.39, 0.29) is 0 Å². The molecule has 0 radical (unpaired) electrons. The molecule has 0 spiro atoms. The molecule has 0 N–H and O–H groups in total. The third-order valence-electron chi connectivity index (χ3n) is 1.14. The van der Waals surface area contributed by atoms with Gasteiger partial charge >= 0.3 is 59.1 Å². The van der Waals surface area contributed by atoms with Crippen molar-refractivity contribution in [1.82, 2.24) is 0 Å². The minimum atomic E-state index is -0.546. The average Bonchev–Trinajstić information content (AvgIpc) is 1.87. The van der Waals surface area contributed by atoms with E-state index < -0.39 is 13.5 Å². The number of thiol groups is 2. The summed E-state index contributed by atoms with van der Waals surface area (Å²) in [5, 5.41) is 3.46. The Hall–Kier alpha value is 1.26. The van der Waals surface area contributed by atoms with Crippen LogP contribution in [0.4, 0.5) is 0 Å². The summed E-state index contributed by atoms with van der Waals surface area (Å²) in [4.78, 5) is 0. The molecule has 0 aromatic rings. The summed E-state index contributed by atoms with van der Waals surface area (Å²) in [6.45, 7) is 0. The molecule has 1 aliphatic heterocycles. The van der Waals surface area contributed by atoms with Crippen LogP contribution < -0.4 is 0 Å². The topological polar surface area (TPSA) is 0 Å². The molecule has 1 fully saturated rings. The van der Waals surface area contributed by atoms with Crippen LogP contribution in [0.5, 0.6) is 0 Å². The van der Waals surface area contributed by atoms with Crippen molar-refractivity contribution in [3.8, 4) is 0 Å². The zero-order valence-electron chi connectivity index (χ0n) is 4.04. The van der Waals surface area contributed by atoms with E-state index in [0.717, 1.165) is 0 Å². The van der Waals surface area contributed by atoms with E-state index in [4.69, 9.17) is 0 Å². The van der Waals surface area contributed by atoms with Crippen LogP contribution in [-0.2, 0) is 0 Å². The van der Waals surface area contributed by atoms with Crippen LogP contribution >= 0.6 is 23.5 Å². The van der Waals surface area contributed by atoms with Gasteiger partial charge in [-0.2, -0.15) is 0 Å². The Kier molecular flexibility index (Phi) is 2.46. The second-order valence-corrected chi connectivity index (χ2v) is 9.35. The van der Waals surface area contributed by atoms with Gasteiger partial charge in [0.1, 0.15) is 0 Å². The fourth-order valence-electron chi connectivity index (χ4n) is 0.724. The average molecular weight is 196 g/mol. The second-order valence-electron chi connectivity index (χ2n) is 1.86. The summed E-state index contributed by atoms with van der Waals surface area (Å²) in [5.41, 5.74) is 0. The van der Waals surface area contributed by atoms with Gasteiger partial charge in [-0.15, -0.1) is 0 Å². The first-order valence-electron chi connectivity index (χ1n) is 2.41. The van der Waals surface area contributed by atoms with Gasteiger partial charge in [0.05, 0.1) is 0 Å². The van der Waals surface area contributed by atoms with Crippen molar-refractivity contribution in [3.05, 3.63) is 0 Å². The Morgan fingerprint density at radius 3 is 2.43 bits per heavy atom. The van der Waals surface area contributed by atoms with Crippen LogP contribution in [-0.4, -0.2) is 18.7 Å². The maximum atomic E-state index is 4.45. The summed E-state index contributed by atoms with van der Waals surface area (Å²) in [6, 6.07) is 0. The molecule has 0 bridgehead atoms. The van der Waals surface area contributed by atoms with Gasteiger partial charge in [0.2, 0.25) is 0 Å². The van der Waals surface area contributed by atoms with Gasteiger partial charge < -0.3 is 0 Å². The fourth-order valence-corrected chi connectivity index (χ4v) is 7.68. The van der Waals surface area contributed by atoms with E-state index in [1.165, 1.54) is 16.8 Å². The molecule has 2 atom stereocenters. The second kappa shape index (κ2) is 2.70. The normalized spacial score (nSPS) is 42.0. The van der Waals surface area contributed by atoms with Crippen molar-refractivity contribution in [2.45, 2.75) is 22.1 Å². The van der Waals surface area contributed by atoms with E-state index in [0.29, 0.717) is 5.25 Å². The fraction of sp³-hybridized carbons (Fsp3) is 1.00. The summed E-state index contributed by atoms with van der Waals surface area (Å²) >= 11 is 3.79. The zero-order chi connectivity index (χ0) is 5.28. The standard InChI is InChI=1S/C4H9AsS2/c6-4-1-2-5(7)3-4/h4,6-7H,1-3H2. The van der Waals surface area contributed by atoms with Gasteiger partial charge in [-0.3, -0.25) is 0 Å². The summed E-state index contributed by atoms with van der Waals surface area (Å²) < 4.78 is 0. The van der Waals surface area contributed by atoms with Gasteiger partial charge in [0.25, 0.3) is 0 Å². The molecule has 1 heterocycles. The number of hydrogen-bond donors (Lipinski definition) is 2. The predicted molar refractivity (Wildman–Crippen MR) is 41.7 cm³/mol. The molecule has 7 heavy (non-hydrogen) atoms. The molecule has 1 aliphatic rings. The van der Waals surface area contributed by atoms with Gasteiger partial charge in [-0.25, -0.2) is 0 Å². The van der Waals surface area contributed by atoms with Crippen molar-refractivity contribution in [1.29, 1.82) is 0 Å². The van der Waals surface area contributed by atoms with Crippen LogP contribution in [0.2, 0.25) is 10.4 Å². The quantitative estimate of drug-likeness (QED) is 0.427. The van der Waals surface area contributed by atoms with Gasteiger partial charge in [0.15, 0.2) is 0 Å². The van der Waals surface area contributed by atoms with Gasteiger partial charge in [-0.1, -0.05) is 0 Å².